The van der Waals surface area contributed by atoms with Gasteiger partial charge < -0.3 is 4.74 Å². The van der Waals surface area contributed by atoms with Gasteiger partial charge in [-0.05, 0) is 6.07 Å². The van der Waals surface area contributed by atoms with E-state index >= 15 is 0 Å². The first-order chi connectivity index (χ1) is 8.42. The quantitative estimate of drug-likeness (QED) is 0.588. The van der Waals surface area contributed by atoms with E-state index in [1.54, 1.807) is 0 Å². The van der Waals surface area contributed by atoms with Crippen LogP contribution in [0.5, 0.6) is 5.75 Å². The summed E-state index contributed by atoms with van der Waals surface area (Å²) in [4.78, 5) is 2.49. The molecule has 0 saturated heterocycles. The Morgan fingerprint density at radius 1 is 1.11 bits per heavy atom. The van der Waals surface area contributed by atoms with Crippen LogP contribution in [0.3, 0.4) is 0 Å². The van der Waals surface area contributed by atoms with Gasteiger partial charge in [-0.25, -0.2) is 13.8 Å². The SMILES string of the molecule is FC(F)c1cc(OC(F)(F)F)c(C(F)(F)F)nc1Cl. The third-order valence-corrected chi connectivity index (χ3v) is 2.00. The highest BCUT2D eigenvalue weighted by atomic mass is 35.5. The summed E-state index contributed by atoms with van der Waals surface area (Å²) in [7, 11) is 0. The summed E-state index contributed by atoms with van der Waals surface area (Å²) in [5.41, 5.74) is -3.44. The molecule has 2 nitrogen and oxygen atoms in total. The van der Waals surface area contributed by atoms with E-state index in [0.717, 1.165) is 0 Å². The van der Waals surface area contributed by atoms with Crippen molar-refractivity contribution in [3.63, 3.8) is 0 Å². The van der Waals surface area contributed by atoms with Crippen molar-refractivity contribution in [2.24, 2.45) is 0 Å². The van der Waals surface area contributed by atoms with Gasteiger partial charge in [0.1, 0.15) is 5.15 Å². The second-order valence-corrected chi connectivity index (χ2v) is 3.42. The van der Waals surface area contributed by atoms with Crippen LogP contribution in [0.15, 0.2) is 6.07 Å². The first kappa shape index (κ1) is 15.7. The molecule has 1 aromatic heterocycles. The molecule has 0 aliphatic heterocycles. The average molecular weight is 316 g/mol. The summed E-state index contributed by atoms with van der Waals surface area (Å²) in [5.74, 6) is -1.89. The Hall–Kier alpha value is -1.32. The van der Waals surface area contributed by atoms with Gasteiger partial charge in [0.25, 0.3) is 6.43 Å². The number of nitrogens with zero attached hydrogens (tertiary/aromatic N) is 1. The van der Waals surface area contributed by atoms with E-state index in [4.69, 9.17) is 11.6 Å². The molecule has 108 valence electrons. The van der Waals surface area contributed by atoms with E-state index in [0.29, 0.717) is 0 Å². The number of alkyl halides is 8. The first-order valence-electron chi connectivity index (χ1n) is 4.23. The van der Waals surface area contributed by atoms with Gasteiger partial charge in [-0.15, -0.1) is 13.2 Å². The van der Waals surface area contributed by atoms with E-state index in [2.05, 4.69) is 9.72 Å². The zero-order valence-corrected chi connectivity index (χ0v) is 9.17. The van der Waals surface area contributed by atoms with Crippen molar-refractivity contribution in [3.8, 4) is 5.75 Å². The van der Waals surface area contributed by atoms with E-state index in [-0.39, 0.29) is 6.07 Å². The van der Waals surface area contributed by atoms with Crippen LogP contribution in [-0.4, -0.2) is 11.3 Å². The molecule has 1 aromatic rings. The smallest absolute Gasteiger partial charge is 0.403 e. The summed E-state index contributed by atoms with van der Waals surface area (Å²) in [5, 5.41) is -1.25. The molecule has 0 radical (unpaired) electrons. The van der Waals surface area contributed by atoms with Gasteiger partial charge in [-0.3, -0.25) is 0 Å². The van der Waals surface area contributed by atoms with Crippen LogP contribution in [0.4, 0.5) is 35.1 Å². The lowest BCUT2D eigenvalue weighted by Gasteiger charge is -2.16. The molecule has 0 amide bonds. The van der Waals surface area contributed by atoms with E-state index in [9.17, 15) is 35.1 Å². The zero-order chi connectivity index (χ0) is 15.0. The number of halogens is 9. The normalized spacial score (nSPS) is 12.9. The molecule has 0 N–H and O–H groups in total. The Bertz CT molecular complexity index is 469. The van der Waals surface area contributed by atoms with Gasteiger partial charge in [0.05, 0.1) is 5.56 Å². The van der Waals surface area contributed by atoms with E-state index in [1.165, 1.54) is 0 Å². The topological polar surface area (TPSA) is 22.1 Å². The lowest BCUT2D eigenvalue weighted by Crippen LogP contribution is -2.21. The molecule has 0 spiro atoms. The maximum Gasteiger partial charge on any atom is 0.573 e. The lowest BCUT2D eigenvalue weighted by molar-refractivity contribution is -0.276. The minimum absolute atomic E-state index is 0.143. The largest absolute Gasteiger partial charge is 0.573 e. The molecule has 0 bridgehead atoms. The third-order valence-electron chi connectivity index (χ3n) is 1.70. The molecule has 0 aromatic carbocycles. The van der Waals surface area contributed by atoms with Crippen LogP contribution in [0, 0.1) is 0 Å². The van der Waals surface area contributed by atoms with Gasteiger partial charge in [0.2, 0.25) is 0 Å². The Labute approximate surface area is 104 Å². The Morgan fingerprint density at radius 2 is 1.63 bits per heavy atom. The summed E-state index contributed by atoms with van der Waals surface area (Å²) in [6.45, 7) is 0. The number of hydrogen-bond donors (Lipinski definition) is 0. The van der Waals surface area contributed by atoms with Gasteiger partial charge >= 0.3 is 12.5 Å². The fourth-order valence-electron chi connectivity index (χ4n) is 1.05. The second-order valence-electron chi connectivity index (χ2n) is 3.06. The highest BCUT2D eigenvalue weighted by molar-refractivity contribution is 6.30. The van der Waals surface area contributed by atoms with E-state index < -0.39 is 41.1 Å². The minimum atomic E-state index is -5.49. The highest BCUT2D eigenvalue weighted by Crippen LogP contribution is 2.40. The van der Waals surface area contributed by atoms with Crippen LogP contribution in [0.2, 0.25) is 5.15 Å². The number of pyridine rings is 1. The zero-order valence-electron chi connectivity index (χ0n) is 8.41. The van der Waals surface area contributed by atoms with Gasteiger partial charge in [-0.2, -0.15) is 13.2 Å². The van der Waals surface area contributed by atoms with E-state index in [1.807, 2.05) is 0 Å². The van der Waals surface area contributed by atoms with Gasteiger partial charge in [-0.1, -0.05) is 11.6 Å². The van der Waals surface area contributed by atoms with Crippen LogP contribution < -0.4 is 4.74 Å². The second kappa shape index (κ2) is 4.99. The molecule has 0 aliphatic rings. The molecule has 1 rings (SSSR count). The van der Waals surface area contributed by atoms with Crippen LogP contribution in [-0.2, 0) is 6.18 Å². The van der Waals surface area contributed by atoms with Crippen molar-refractivity contribution < 1.29 is 39.9 Å². The average Bonchev–Trinajstić information content (AvgIpc) is 2.15. The number of hydrogen-bond acceptors (Lipinski definition) is 2. The Balaban J connectivity index is 3.42. The van der Waals surface area contributed by atoms with Crippen molar-refractivity contribution in [1.29, 1.82) is 0 Å². The maximum atomic E-state index is 12.4. The molecule has 0 atom stereocenters. The molecule has 1 heterocycles. The van der Waals surface area contributed by atoms with Crippen LogP contribution in [0.25, 0.3) is 0 Å². The molecule has 11 heteroatoms. The number of aromatic nitrogens is 1. The Kier molecular flexibility index (Phi) is 4.13. The lowest BCUT2D eigenvalue weighted by atomic mass is 10.2. The molecular formula is C8H2ClF8NO. The van der Waals surface area contributed by atoms with Gasteiger partial charge in [0, 0.05) is 0 Å². The van der Waals surface area contributed by atoms with Crippen molar-refractivity contribution in [1.82, 2.24) is 4.98 Å². The standard InChI is InChI=1S/C8H2ClF8NO/c9-5-2(6(10)11)1-3(19-8(15,16)17)4(18-5)7(12,13)14/h1,6H. The Morgan fingerprint density at radius 3 is 2.00 bits per heavy atom. The number of rotatable bonds is 2. The van der Waals surface area contributed by atoms with Crippen LogP contribution in [0.1, 0.15) is 17.7 Å². The van der Waals surface area contributed by atoms with Crippen molar-refractivity contribution in [2.75, 3.05) is 0 Å². The monoisotopic (exact) mass is 315 g/mol. The van der Waals surface area contributed by atoms with Crippen molar-refractivity contribution in [2.45, 2.75) is 19.0 Å². The molecule has 0 unspecified atom stereocenters. The summed E-state index contributed by atoms with van der Waals surface area (Å²) in [6.07, 6.45) is -14.2. The van der Waals surface area contributed by atoms with Crippen molar-refractivity contribution in [3.05, 3.63) is 22.5 Å². The first-order valence-corrected chi connectivity index (χ1v) is 4.61. The third kappa shape index (κ3) is 4.08. The van der Waals surface area contributed by atoms with Crippen molar-refractivity contribution >= 4 is 11.6 Å². The molecule has 0 aliphatic carbocycles. The fraction of sp³-hybridized carbons (Fsp3) is 0.375. The summed E-state index contributed by atoms with van der Waals surface area (Å²) < 4.78 is 101. The summed E-state index contributed by atoms with van der Waals surface area (Å²) in [6, 6.07) is -0.143. The minimum Gasteiger partial charge on any atom is -0.403 e. The van der Waals surface area contributed by atoms with Gasteiger partial charge in [0.15, 0.2) is 11.4 Å². The molecular weight excluding hydrogens is 314 g/mol. The maximum absolute atomic E-state index is 12.4. The molecule has 19 heavy (non-hydrogen) atoms. The van der Waals surface area contributed by atoms with Crippen LogP contribution >= 0.6 is 11.6 Å². The predicted molar refractivity (Wildman–Crippen MR) is 45.9 cm³/mol. The molecule has 0 saturated carbocycles. The fourth-order valence-corrected chi connectivity index (χ4v) is 1.27. The highest BCUT2D eigenvalue weighted by Gasteiger charge is 2.42. The predicted octanol–water partition coefficient (Wildman–Crippen LogP) is 4.59. The summed E-state index contributed by atoms with van der Waals surface area (Å²) >= 11 is 5.05. The molecule has 0 fully saturated rings. The number of ether oxygens (including phenoxy) is 1.